The Morgan fingerprint density at radius 1 is 0.855 bits per heavy atom. The average molecular weight is 858 g/mol. The van der Waals surface area contributed by atoms with E-state index in [0.29, 0.717) is 35.1 Å². The van der Waals surface area contributed by atoms with Gasteiger partial charge in [-0.05, 0) is 86.0 Å². The Morgan fingerprint density at radius 2 is 1.63 bits per heavy atom. The Labute approximate surface area is 368 Å². The van der Waals surface area contributed by atoms with Crippen molar-refractivity contribution in [2.24, 2.45) is 5.92 Å². The predicted octanol–water partition coefficient (Wildman–Crippen LogP) is 6.66. The number of hydrogen-bond acceptors (Lipinski definition) is 11. The lowest BCUT2D eigenvalue weighted by molar-refractivity contribution is -0.134. The van der Waals surface area contributed by atoms with Gasteiger partial charge >= 0.3 is 0 Å². The molecule has 1 saturated carbocycles. The standard InChI is InChI=1S/C44H50ClN11O3.C3H6/c1-46-37-26-40(51-56-39(44(59)47-2)27-49-42(37)56)55-19-14-33-32(4-3-5-38(33)55)36-25-30(10-15-48-36)54-22-20-52(21-23-54)16-11-28-12-17-53(18-13-28)29-6-7-31(35(45)24-29)34-8-9-41(57)50-43(34)58;1-2-3-1/h3-7,10,15,24-28,34,46H,8-9,11-14,16-23H2,1-2H3,(H,47,59)(H,50,57,58);1-3H2. The molecular weight excluding hydrogens is 802 g/mol. The number of carbonyl (C=O) groups excluding carboxylic acids is 3. The third-order valence-corrected chi connectivity index (χ3v) is 13.4. The van der Waals surface area contributed by atoms with Crippen LogP contribution in [0.3, 0.4) is 0 Å². The van der Waals surface area contributed by atoms with Gasteiger partial charge in [-0.2, -0.15) is 0 Å². The van der Waals surface area contributed by atoms with Crippen LogP contribution in [-0.4, -0.2) is 109 Å². The summed E-state index contributed by atoms with van der Waals surface area (Å²) < 4.78 is 1.61. The molecule has 15 heteroatoms. The molecule has 1 atom stereocenters. The van der Waals surface area contributed by atoms with Crippen LogP contribution in [-0.2, 0) is 16.0 Å². The zero-order chi connectivity index (χ0) is 42.7. The number of hydrogen-bond donors (Lipinski definition) is 3. The molecular formula is C47H56ClN11O3. The summed E-state index contributed by atoms with van der Waals surface area (Å²) in [6, 6.07) is 18.8. The highest BCUT2D eigenvalue weighted by Gasteiger charge is 2.31. The number of halogens is 1. The number of aromatic nitrogens is 4. The van der Waals surface area contributed by atoms with E-state index in [1.165, 1.54) is 36.9 Å². The van der Waals surface area contributed by atoms with Crippen molar-refractivity contribution in [3.8, 4) is 11.3 Å². The second kappa shape index (κ2) is 18.3. The first-order chi connectivity index (χ1) is 30.3. The number of fused-ring (bicyclic) bond motifs is 2. The molecule has 3 N–H and O–H groups in total. The van der Waals surface area contributed by atoms with Gasteiger partial charge in [-0.15, -0.1) is 5.10 Å². The molecule has 0 bridgehead atoms. The summed E-state index contributed by atoms with van der Waals surface area (Å²) in [4.78, 5) is 55.6. The van der Waals surface area contributed by atoms with Crippen LogP contribution < -0.4 is 30.7 Å². The molecule has 7 heterocycles. The quantitative estimate of drug-likeness (QED) is 0.130. The zero-order valence-electron chi connectivity index (χ0n) is 35.7. The van der Waals surface area contributed by atoms with Gasteiger partial charge in [0.05, 0.1) is 23.5 Å². The molecule has 4 aliphatic heterocycles. The first-order valence-electron chi connectivity index (χ1n) is 22.3. The van der Waals surface area contributed by atoms with Crippen LogP contribution >= 0.6 is 11.6 Å². The molecule has 10 rings (SSSR count). The molecule has 1 aliphatic carbocycles. The van der Waals surface area contributed by atoms with Crippen molar-refractivity contribution in [2.45, 2.75) is 63.7 Å². The minimum atomic E-state index is -0.372. The average Bonchev–Trinajstić information content (AvgIpc) is 4.03. The van der Waals surface area contributed by atoms with Crippen molar-refractivity contribution in [2.75, 3.05) is 86.5 Å². The Kier molecular flexibility index (Phi) is 12.3. The van der Waals surface area contributed by atoms with Crippen LogP contribution in [0.15, 0.2) is 67.0 Å². The fourth-order valence-electron chi connectivity index (χ4n) is 9.29. The van der Waals surface area contributed by atoms with Crippen molar-refractivity contribution in [1.82, 2.24) is 35.1 Å². The maximum Gasteiger partial charge on any atom is 0.271 e. The highest BCUT2D eigenvalue weighted by atomic mass is 35.5. The predicted molar refractivity (Wildman–Crippen MR) is 245 cm³/mol. The smallest absolute Gasteiger partial charge is 0.271 e. The monoisotopic (exact) mass is 857 g/mol. The van der Waals surface area contributed by atoms with Gasteiger partial charge in [0.15, 0.2) is 17.2 Å². The number of benzene rings is 2. The van der Waals surface area contributed by atoms with Crippen LogP contribution in [0.4, 0.5) is 28.6 Å². The van der Waals surface area contributed by atoms with Crippen molar-refractivity contribution in [3.05, 3.63) is 88.8 Å². The highest BCUT2D eigenvalue weighted by Crippen LogP contribution is 2.41. The number of carbonyl (C=O) groups is 3. The van der Waals surface area contributed by atoms with E-state index in [9.17, 15) is 14.4 Å². The van der Waals surface area contributed by atoms with E-state index in [2.05, 4.69) is 76.9 Å². The van der Waals surface area contributed by atoms with Crippen molar-refractivity contribution in [3.63, 3.8) is 0 Å². The molecule has 2 aromatic carbocycles. The summed E-state index contributed by atoms with van der Waals surface area (Å²) in [6.45, 7) is 7.90. The van der Waals surface area contributed by atoms with Crippen molar-refractivity contribution < 1.29 is 14.4 Å². The number of pyridine rings is 1. The normalized spacial score (nSPS) is 19.2. The van der Waals surface area contributed by atoms with E-state index in [-0.39, 0.29) is 23.6 Å². The van der Waals surface area contributed by atoms with E-state index >= 15 is 0 Å². The third-order valence-electron chi connectivity index (χ3n) is 13.0. The van der Waals surface area contributed by atoms with Gasteiger partial charge < -0.3 is 25.3 Å². The minimum absolute atomic E-state index is 0.214. The number of piperidine rings is 2. The van der Waals surface area contributed by atoms with E-state index in [4.69, 9.17) is 21.7 Å². The van der Waals surface area contributed by atoms with Crippen LogP contribution in [0.25, 0.3) is 16.9 Å². The fraction of sp³-hybridized carbons (Fsp3) is 0.447. The molecule has 3 amide bonds. The maximum atomic E-state index is 12.6. The minimum Gasteiger partial charge on any atom is -0.385 e. The molecule has 1 unspecified atom stereocenters. The van der Waals surface area contributed by atoms with Crippen molar-refractivity contribution in [1.29, 1.82) is 0 Å². The Bertz CT molecular complexity index is 2450. The Morgan fingerprint density at radius 3 is 2.35 bits per heavy atom. The number of nitrogens with zero attached hydrogens (tertiary/aromatic N) is 8. The van der Waals surface area contributed by atoms with E-state index in [1.807, 2.05) is 31.4 Å². The first-order valence-corrected chi connectivity index (χ1v) is 22.7. The number of rotatable bonds is 10. The van der Waals surface area contributed by atoms with Crippen molar-refractivity contribution >= 4 is 63.5 Å². The van der Waals surface area contributed by atoms with Gasteiger partial charge in [0.25, 0.3) is 5.91 Å². The number of anilines is 5. The van der Waals surface area contributed by atoms with E-state index in [0.717, 1.165) is 111 Å². The van der Waals surface area contributed by atoms with Gasteiger partial charge in [0.2, 0.25) is 11.8 Å². The van der Waals surface area contributed by atoms with Crippen LogP contribution in [0.2, 0.25) is 5.02 Å². The SMILES string of the molecule is C1CC1.CNC(=O)c1cnc2c(NC)cc(N3CCc4c(-c5cc(N6CCN(CCC7CCN(c8ccc(C9CCC(=O)NC9=O)c(Cl)c8)CC7)CC6)ccn5)cccc43)nn12. The molecule has 62 heavy (non-hydrogen) atoms. The van der Waals surface area contributed by atoms with E-state index < -0.39 is 0 Å². The summed E-state index contributed by atoms with van der Waals surface area (Å²) >= 11 is 6.69. The molecule has 3 saturated heterocycles. The maximum absolute atomic E-state index is 12.6. The summed E-state index contributed by atoms with van der Waals surface area (Å²) in [5.41, 5.74) is 9.31. The number of nitrogens with one attached hydrogen (secondary N) is 3. The molecule has 5 aromatic rings. The molecule has 0 radical (unpaired) electrons. The fourth-order valence-corrected chi connectivity index (χ4v) is 9.60. The Hall–Kier alpha value is -5.73. The molecule has 5 aliphatic rings. The van der Waals surface area contributed by atoms with Gasteiger partial charge in [-0.25, -0.2) is 9.50 Å². The van der Waals surface area contributed by atoms with Gasteiger partial charge in [-0.3, -0.25) is 29.6 Å². The number of imide groups is 1. The topological polar surface area (TPSA) is 143 Å². The van der Waals surface area contributed by atoms with Gasteiger partial charge in [-0.1, -0.05) is 49.1 Å². The first kappa shape index (κ1) is 41.6. The number of piperazine rings is 1. The lowest BCUT2D eigenvalue weighted by Crippen LogP contribution is -2.47. The third kappa shape index (κ3) is 8.80. The van der Waals surface area contributed by atoms with Gasteiger partial charge in [0.1, 0.15) is 0 Å². The molecule has 14 nitrogen and oxygen atoms in total. The second-order valence-corrected chi connectivity index (χ2v) is 17.5. The lowest BCUT2D eigenvalue weighted by atomic mass is 9.90. The van der Waals surface area contributed by atoms with Crippen LogP contribution in [0.5, 0.6) is 0 Å². The van der Waals surface area contributed by atoms with Crippen LogP contribution in [0, 0.1) is 5.92 Å². The van der Waals surface area contributed by atoms with Gasteiger partial charge in [0, 0.05) is 106 Å². The highest BCUT2D eigenvalue weighted by molar-refractivity contribution is 6.32. The lowest BCUT2D eigenvalue weighted by Gasteiger charge is -2.38. The number of imidazole rings is 1. The molecule has 3 aromatic heterocycles. The zero-order valence-corrected chi connectivity index (χ0v) is 36.5. The van der Waals surface area contributed by atoms with E-state index in [1.54, 1.807) is 17.8 Å². The molecule has 0 spiro atoms. The summed E-state index contributed by atoms with van der Waals surface area (Å²) in [7, 11) is 3.46. The molecule has 4 fully saturated rings. The summed E-state index contributed by atoms with van der Waals surface area (Å²) in [6.07, 6.45) is 13.2. The number of amides is 3. The Balaban J connectivity index is 0.00000157. The second-order valence-electron chi connectivity index (χ2n) is 17.0. The largest absolute Gasteiger partial charge is 0.385 e. The summed E-state index contributed by atoms with van der Waals surface area (Å²) in [5.74, 6) is 0.358. The molecule has 324 valence electrons. The van der Waals surface area contributed by atoms with Crippen LogP contribution in [0.1, 0.15) is 78.9 Å². The summed E-state index contributed by atoms with van der Waals surface area (Å²) in [5, 5.41) is 13.8.